The summed E-state index contributed by atoms with van der Waals surface area (Å²) in [6.07, 6.45) is 2.12. The maximum absolute atomic E-state index is 12.0. The van der Waals surface area contributed by atoms with Crippen molar-refractivity contribution in [1.29, 1.82) is 5.26 Å². The number of amides is 1. The predicted octanol–water partition coefficient (Wildman–Crippen LogP) is 1.94. The quantitative estimate of drug-likeness (QED) is 0.662. The van der Waals surface area contributed by atoms with Gasteiger partial charge in [-0.25, -0.2) is 0 Å². The first-order chi connectivity index (χ1) is 9.12. The summed E-state index contributed by atoms with van der Waals surface area (Å²) in [6.45, 7) is 1.80. The molecule has 1 aromatic rings. The minimum absolute atomic E-state index is 0.0120. The first-order valence-electron chi connectivity index (χ1n) is 6.48. The molecule has 2 atom stereocenters. The van der Waals surface area contributed by atoms with E-state index in [0.29, 0.717) is 6.42 Å². The molecule has 1 aliphatic heterocycles. The fraction of sp³-hybridized carbons (Fsp3) is 0.400. The normalized spacial score (nSPS) is 27.1. The number of hydrogen-bond acceptors (Lipinski definition) is 3. The number of anilines is 1. The molecular formula is C15H14N2O2. The zero-order chi connectivity index (χ0) is 13.6. The molecule has 1 aromatic carbocycles. The molecule has 1 spiro atoms. The summed E-state index contributed by atoms with van der Waals surface area (Å²) in [4.78, 5) is 23.9. The third-order valence-electron chi connectivity index (χ3n) is 4.22. The highest BCUT2D eigenvalue weighted by Crippen LogP contribution is 2.56. The Kier molecular flexibility index (Phi) is 2.46. The number of carbonyl (C=O) groups is 2. The van der Waals surface area contributed by atoms with Gasteiger partial charge in [0.2, 0.25) is 5.91 Å². The van der Waals surface area contributed by atoms with E-state index in [1.807, 2.05) is 18.2 Å². The number of ketones is 1. The van der Waals surface area contributed by atoms with Gasteiger partial charge in [-0.05, 0) is 30.0 Å². The average molecular weight is 254 g/mol. The molecular weight excluding hydrogens is 240 g/mol. The second-order valence-corrected chi connectivity index (χ2v) is 5.24. The van der Waals surface area contributed by atoms with E-state index in [2.05, 4.69) is 11.4 Å². The van der Waals surface area contributed by atoms with Crippen molar-refractivity contribution >= 4 is 17.4 Å². The van der Waals surface area contributed by atoms with Crippen LogP contribution in [0.4, 0.5) is 5.69 Å². The molecule has 0 aromatic heterocycles. The summed E-state index contributed by atoms with van der Waals surface area (Å²) >= 11 is 0. The molecule has 1 aliphatic carbocycles. The number of aryl methyl sites for hydroxylation is 1. The van der Waals surface area contributed by atoms with Crippen LogP contribution in [-0.4, -0.2) is 11.7 Å². The van der Waals surface area contributed by atoms with Crippen LogP contribution in [0.5, 0.6) is 0 Å². The maximum Gasteiger partial charge on any atom is 0.243 e. The van der Waals surface area contributed by atoms with Crippen LogP contribution in [0.3, 0.4) is 0 Å². The predicted molar refractivity (Wildman–Crippen MR) is 69.5 cm³/mol. The fourth-order valence-corrected chi connectivity index (χ4v) is 3.02. The molecule has 1 N–H and O–H groups in total. The highest BCUT2D eigenvalue weighted by atomic mass is 16.2. The highest BCUT2D eigenvalue weighted by Gasteiger charge is 2.71. The van der Waals surface area contributed by atoms with Gasteiger partial charge in [-0.1, -0.05) is 19.1 Å². The topological polar surface area (TPSA) is 70.0 Å². The summed E-state index contributed by atoms with van der Waals surface area (Å²) in [5, 5.41) is 11.3. The Hall–Kier alpha value is -2.15. The molecule has 4 heteroatoms. The minimum atomic E-state index is -0.916. The number of Topliss-reactive ketones (excluding diaryl/α,β-unsaturated/α-hetero) is 1. The number of carbonyl (C=O) groups excluding carboxylic acids is 2. The van der Waals surface area contributed by atoms with Gasteiger partial charge >= 0.3 is 0 Å². The zero-order valence-electron chi connectivity index (χ0n) is 10.7. The van der Waals surface area contributed by atoms with Gasteiger partial charge in [-0.15, -0.1) is 0 Å². The molecule has 0 saturated heterocycles. The third-order valence-corrected chi connectivity index (χ3v) is 4.22. The van der Waals surface area contributed by atoms with Crippen molar-refractivity contribution in [3.63, 3.8) is 0 Å². The van der Waals surface area contributed by atoms with Gasteiger partial charge in [0.15, 0.2) is 5.78 Å². The maximum atomic E-state index is 12.0. The van der Waals surface area contributed by atoms with Crippen LogP contribution in [0.1, 0.15) is 30.9 Å². The van der Waals surface area contributed by atoms with Gasteiger partial charge in [0.25, 0.3) is 0 Å². The van der Waals surface area contributed by atoms with Crippen LogP contribution in [0.25, 0.3) is 0 Å². The van der Waals surface area contributed by atoms with Crippen molar-refractivity contribution in [2.45, 2.75) is 31.6 Å². The van der Waals surface area contributed by atoms with E-state index in [1.54, 1.807) is 6.92 Å². The number of unbranched alkanes of at least 4 members (excludes halogenated alkanes) is 1. The van der Waals surface area contributed by atoms with E-state index in [9.17, 15) is 9.59 Å². The Morgan fingerprint density at radius 3 is 2.79 bits per heavy atom. The lowest BCUT2D eigenvalue weighted by Gasteiger charge is -2.06. The number of nitrogens with zero attached hydrogens (tertiary/aromatic N) is 1. The zero-order valence-corrected chi connectivity index (χ0v) is 10.7. The van der Waals surface area contributed by atoms with Crippen LogP contribution in [0, 0.1) is 17.2 Å². The van der Waals surface area contributed by atoms with Gasteiger partial charge in [0.05, 0.1) is 6.07 Å². The first-order valence-corrected chi connectivity index (χ1v) is 6.48. The number of nitrogens with one attached hydrogen (secondary N) is 1. The molecule has 2 unspecified atom stereocenters. The fourth-order valence-electron chi connectivity index (χ4n) is 3.02. The molecule has 19 heavy (non-hydrogen) atoms. The molecule has 0 bridgehead atoms. The van der Waals surface area contributed by atoms with E-state index in [1.165, 1.54) is 0 Å². The minimum Gasteiger partial charge on any atom is -0.325 e. The number of hydrogen-bond donors (Lipinski definition) is 1. The van der Waals surface area contributed by atoms with E-state index in [4.69, 9.17) is 5.26 Å². The van der Waals surface area contributed by atoms with Gasteiger partial charge < -0.3 is 5.32 Å². The molecule has 1 saturated carbocycles. The summed E-state index contributed by atoms with van der Waals surface area (Å²) in [6, 6.07) is 7.88. The van der Waals surface area contributed by atoms with E-state index < -0.39 is 5.41 Å². The van der Waals surface area contributed by atoms with Gasteiger partial charge in [0.1, 0.15) is 5.41 Å². The van der Waals surface area contributed by atoms with E-state index in [0.717, 1.165) is 29.7 Å². The van der Waals surface area contributed by atoms with Gasteiger partial charge in [-0.2, -0.15) is 5.26 Å². The van der Waals surface area contributed by atoms with E-state index in [-0.39, 0.29) is 17.6 Å². The van der Waals surface area contributed by atoms with Gasteiger partial charge in [-0.3, -0.25) is 9.59 Å². The summed E-state index contributed by atoms with van der Waals surface area (Å²) in [7, 11) is 0. The Balaban J connectivity index is 1.94. The highest BCUT2D eigenvalue weighted by molar-refractivity contribution is 6.33. The molecule has 2 aliphatic rings. The lowest BCUT2D eigenvalue weighted by molar-refractivity contribution is -0.121. The largest absolute Gasteiger partial charge is 0.325 e. The van der Waals surface area contributed by atoms with Crippen molar-refractivity contribution in [3.05, 3.63) is 29.3 Å². The van der Waals surface area contributed by atoms with Crippen molar-refractivity contribution in [2.75, 3.05) is 5.32 Å². The number of rotatable bonds is 3. The van der Waals surface area contributed by atoms with E-state index >= 15 is 0 Å². The molecule has 4 nitrogen and oxygen atoms in total. The average Bonchev–Trinajstić information content (AvgIpc) is 2.81. The summed E-state index contributed by atoms with van der Waals surface area (Å²) in [5.41, 5.74) is 1.74. The summed E-state index contributed by atoms with van der Waals surface area (Å²) in [5.74, 6) is -0.393. The Bertz CT molecular complexity index is 630. The van der Waals surface area contributed by atoms with Crippen molar-refractivity contribution < 1.29 is 9.59 Å². The SMILES string of the molecule is CC1C(=O)C12C(=O)Nc1ccc(CCCC#N)cc12. The standard InChI is InChI=1S/C15H14N2O2/c1-9-13(18)15(9)11-8-10(4-2-3-7-16)5-6-12(11)17-14(15)19/h5-6,8-9H,2-4H2,1H3,(H,17,19). The van der Waals surface area contributed by atoms with Crippen LogP contribution in [0.15, 0.2) is 18.2 Å². The van der Waals surface area contributed by atoms with Gasteiger partial charge in [0, 0.05) is 18.0 Å². The van der Waals surface area contributed by atoms with Crippen LogP contribution < -0.4 is 5.32 Å². The molecule has 0 radical (unpaired) electrons. The second-order valence-electron chi connectivity index (χ2n) is 5.24. The van der Waals surface area contributed by atoms with Crippen molar-refractivity contribution in [1.82, 2.24) is 0 Å². The lowest BCUT2D eigenvalue weighted by atomic mass is 9.92. The van der Waals surface area contributed by atoms with Crippen LogP contribution in [-0.2, 0) is 21.4 Å². The molecule has 1 amide bonds. The lowest BCUT2D eigenvalue weighted by Crippen LogP contribution is -2.22. The van der Waals surface area contributed by atoms with Crippen LogP contribution >= 0.6 is 0 Å². The third kappa shape index (κ3) is 1.45. The number of nitriles is 1. The van der Waals surface area contributed by atoms with Crippen molar-refractivity contribution in [2.24, 2.45) is 5.92 Å². The Labute approximate surface area is 111 Å². The molecule has 96 valence electrons. The first kappa shape index (κ1) is 11.9. The van der Waals surface area contributed by atoms with Crippen LogP contribution in [0.2, 0.25) is 0 Å². The Morgan fingerprint density at radius 1 is 1.42 bits per heavy atom. The summed E-state index contributed by atoms with van der Waals surface area (Å²) < 4.78 is 0. The monoisotopic (exact) mass is 254 g/mol. The smallest absolute Gasteiger partial charge is 0.243 e. The van der Waals surface area contributed by atoms with Crippen molar-refractivity contribution in [3.8, 4) is 6.07 Å². The number of benzene rings is 1. The molecule has 1 fully saturated rings. The Morgan fingerprint density at radius 2 is 2.16 bits per heavy atom. The molecule has 1 heterocycles. The number of fused-ring (bicyclic) bond motifs is 2. The molecule has 3 rings (SSSR count). The second kappa shape index (κ2) is 3.92.